The normalized spacial score (nSPS) is 11.9. The Morgan fingerprint density at radius 3 is 2.75 bits per heavy atom. The van der Waals surface area contributed by atoms with E-state index < -0.39 is 7.60 Å². The Bertz CT molecular complexity index is 305. The quantitative estimate of drug-likeness (QED) is 0.722. The average Bonchev–Trinajstić information content (AvgIpc) is 2.35. The molecule has 4 nitrogen and oxygen atoms in total. The van der Waals surface area contributed by atoms with Crippen molar-refractivity contribution in [2.75, 3.05) is 0 Å². The summed E-state index contributed by atoms with van der Waals surface area (Å²) >= 11 is 1.09. The number of hydrogen-bond acceptors (Lipinski definition) is 3. The third kappa shape index (κ3) is 2.38. The van der Waals surface area contributed by atoms with Gasteiger partial charge in [0.15, 0.2) is 0 Å². The van der Waals surface area contributed by atoms with Crippen LogP contribution in [0.3, 0.4) is 0 Å². The molecule has 0 fully saturated rings. The zero-order chi connectivity index (χ0) is 9.19. The van der Waals surface area contributed by atoms with Gasteiger partial charge in [0, 0.05) is 0 Å². The zero-order valence-electron chi connectivity index (χ0n) is 6.60. The summed E-state index contributed by atoms with van der Waals surface area (Å²) in [6.07, 6.45) is 2.98. The molecule has 0 radical (unpaired) electrons. The van der Waals surface area contributed by atoms with Crippen LogP contribution in [0.2, 0.25) is 0 Å². The maximum absolute atomic E-state index is 10.7. The van der Waals surface area contributed by atoms with E-state index in [1.165, 1.54) is 6.20 Å². The minimum Gasteiger partial charge on any atom is -0.320 e. The molecule has 0 saturated heterocycles. The SMILES string of the molecule is CCCc1ncc(P(=O)(O)O)s1. The Hall–Kier alpha value is -0.220. The molecule has 6 heteroatoms. The molecule has 0 aliphatic heterocycles. The Labute approximate surface area is 74.4 Å². The lowest BCUT2D eigenvalue weighted by Crippen LogP contribution is -1.95. The lowest BCUT2D eigenvalue weighted by Gasteiger charge is -1.95. The fourth-order valence-corrected chi connectivity index (χ4v) is 2.52. The van der Waals surface area contributed by atoms with Crippen molar-refractivity contribution in [2.24, 2.45) is 0 Å². The Kier molecular flexibility index (Phi) is 3.01. The summed E-state index contributed by atoms with van der Waals surface area (Å²) in [5.74, 6) is 0. The maximum Gasteiger partial charge on any atom is 0.367 e. The molecule has 68 valence electrons. The highest BCUT2D eigenvalue weighted by molar-refractivity contribution is 7.67. The van der Waals surface area contributed by atoms with Crippen molar-refractivity contribution in [2.45, 2.75) is 19.8 Å². The van der Waals surface area contributed by atoms with Gasteiger partial charge in [0.05, 0.1) is 11.2 Å². The third-order valence-corrected chi connectivity index (χ3v) is 3.83. The van der Waals surface area contributed by atoms with Crippen molar-refractivity contribution < 1.29 is 14.4 Å². The van der Waals surface area contributed by atoms with Crippen LogP contribution in [0.15, 0.2) is 6.20 Å². The number of aromatic nitrogens is 1. The van der Waals surface area contributed by atoms with Gasteiger partial charge in [0.25, 0.3) is 0 Å². The van der Waals surface area contributed by atoms with Crippen LogP contribution in [0.4, 0.5) is 0 Å². The largest absolute Gasteiger partial charge is 0.367 e. The Morgan fingerprint density at radius 1 is 1.67 bits per heavy atom. The van der Waals surface area contributed by atoms with Crippen LogP contribution < -0.4 is 4.62 Å². The highest BCUT2D eigenvalue weighted by atomic mass is 32.1. The van der Waals surface area contributed by atoms with Crippen molar-refractivity contribution in [1.29, 1.82) is 0 Å². The summed E-state index contributed by atoms with van der Waals surface area (Å²) in [4.78, 5) is 21.4. The second-order valence-electron chi connectivity index (χ2n) is 2.39. The van der Waals surface area contributed by atoms with E-state index in [-0.39, 0.29) is 4.62 Å². The minimum absolute atomic E-state index is 0.0611. The first kappa shape index (κ1) is 9.86. The molecular formula is C6H10NO3PS. The number of thiazole rings is 1. The highest BCUT2D eigenvalue weighted by Gasteiger charge is 2.20. The molecule has 0 spiro atoms. The topological polar surface area (TPSA) is 70.4 Å². The van der Waals surface area contributed by atoms with Crippen molar-refractivity contribution in [3.8, 4) is 0 Å². The number of aryl methyl sites for hydroxylation is 1. The van der Waals surface area contributed by atoms with E-state index in [9.17, 15) is 4.57 Å². The molecule has 2 N–H and O–H groups in total. The predicted molar refractivity (Wildman–Crippen MR) is 47.8 cm³/mol. The number of nitrogens with zero attached hydrogens (tertiary/aromatic N) is 1. The molecule has 0 aliphatic rings. The van der Waals surface area contributed by atoms with Gasteiger partial charge in [0.1, 0.15) is 4.62 Å². The van der Waals surface area contributed by atoms with Gasteiger partial charge in [-0.2, -0.15) is 0 Å². The van der Waals surface area contributed by atoms with Crippen LogP contribution in [-0.2, 0) is 11.0 Å². The molecule has 0 aromatic carbocycles. The van der Waals surface area contributed by atoms with Gasteiger partial charge in [-0.15, -0.1) is 11.3 Å². The van der Waals surface area contributed by atoms with Gasteiger partial charge in [-0.1, -0.05) is 6.92 Å². The van der Waals surface area contributed by atoms with Crippen LogP contribution >= 0.6 is 18.9 Å². The molecule has 12 heavy (non-hydrogen) atoms. The zero-order valence-corrected chi connectivity index (χ0v) is 8.31. The molecule has 0 bridgehead atoms. The van der Waals surface area contributed by atoms with Gasteiger partial charge in [-0.3, -0.25) is 4.57 Å². The lowest BCUT2D eigenvalue weighted by atomic mass is 10.4. The molecule has 0 saturated carbocycles. The van der Waals surface area contributed by atoms with Crippen LogP contribution in [0, 0.1) is 0 Å². The molecule has 0 unspecified atom stereocenters. The fraction of sp³-hybridized carbons (Fsp3) is 0.500. The molecule has 1 aromatic heterocycles. The van der Waals surface area contributed by atoms with Gasteiger partial charge in [-0.25, -0.2) is 4.98 Å². The van der Waals surface area contributed by atoms with Crippen molar-refractivity contribution >= 4 is 23.6 Å². The summed E-state index contributed by atoms with van der Waals surface area (Å²) in [5, 5.41) is 0.788. The fourth-order valence-electron chi connectivity index (χ4n) is 0.765. The molecular weight excluding hydrogens is 197 g/mol. The molecule has 1 rings (SSSR count). The first-order chi connectivity index (χ1) is 5.54. The molecule has 0 aliphatic carbocycles. The summed E-state index contributed by atoms with van der Waals surface area (Å²) in [6.45, 7) is 2.00. The second-order valence-corrected chi connectivity index (χ2v) is 5.37. The van der Waals surface area contributed by atoms with Crippen LogP contribution in [0.5, 0.6) is 0 Å². The molecule has 0 atom stereocenters. The molecule has 0 amide bonds. The Balaban J connectivity index is 2.85. The van der Waals surface area contributed by atoms with E-state index in [0.29, 0.717) is 0 Å². The smallest absolute Gasteiger partial charge is 0.320 e. The van der Waals surface area contributed by atoms with Gasteiger partial charge < -0.3 is 9.79 Å². The van der Waals surface area contributed by atoms with E-state index in [0.717, 1.165) is 29.2 Å². The van der Waals surface area contributed by atoms with Gasteiger partial charge in [-0.05, 0) is 12.8 Å². The molecule has 1 aromatic rings. The lowest BCUT2D eigenvalue weighted by molar-refractivity contribution is 0.388. The van der Waals surface area contributed by atoms with E-state index in [1.54, 1.807) is 0 Å². The first-order valence-electron chi connectivity index (χ1n) is 3.55. The second kappa shape index (κ2) is 3.66. The van der Waals surface area contributed by atoms with E-state index in [1.807, 2.05) is 6.92 Å². The van der Waals surface area contributed by atoms with E-state index in [2.05, 4.69) is 4.98 Å². The highest BCUT2D eigenvalue weighted by Crippen LogP contribution is 2.35. The Morgan fingerprint density at radius 2 is 2.33 bits per heavy atom. The number of rotatable bonds is 3. The predicted octanol–water partition coefficient (Wildman–Crippen LogP) is 0.899. The number of hydrogen-bond donors (Lipinski definition) is 2. The third-order valence-electron chi connectivity index (χ3n) is 1.29. The van der Waals surface area contributed by atoms with Crippen LogP contribution in [0.1, 0.15) is 18.4 Å². The van der Waals surface area contributed by atoms with Crippen molar-refractivity contribution in [3.63, 3.8) is 0 Å². The summed E-state index contributed by atoms with van der Waals surface area (Å²) < 4.78 is 10.8. The first-order valence-corrected chi connectivity index (χ1v) is 5.97. The molecule has 1 heterocycles. The monoisotopic (exact) mass is 207 g/mol. The maximum atomic E-state index is 10.7. The van der Waals surface area contributed by atoms with Crippen molar-refractivity contribution in [1.82, 2.24) is 4.98 Å². The van der Waals surface area contributed by atoms with Gasteiger partial charge in [0.2, 0.25) is 0 Å². The van der Waals surface area contributed by atoms with E-state index in [4.69, 9.17) is 9.79 Å². The summed E-state index contributed by atoms with van der Waals surface area (Å²) in [5.41, 5.74) is 0. The van der Waals surface area contributed by atoms with Gasteiger partial charge >= 0.3 is 7.60 Å². The average molecular weight is 207 g/mol. The summed E-state index contributed by atoms with van der Waals surface area (Å²) in [6, 6.07) is 0. The van der Waals surface area contributed by atoms with E-state index >= 15 is 0 Å². The van der Waals surface area contributed by atoms with Crippen LogP contribution in [0.25, 0.3) is 0 Å². The van der Waals surface area contributed by atoms with Crippen LogP contribution in [-0.4, -0.2) is 14.8 Å². The minimum atomic E-state index is -4.06. The standard InChI is InChI=1S/C6H10NO3PS/c1-2-3-5-7-4-6(12-5)11(8,9)10/h4H,2-3H2,1H3,(H2,8,9,10). The van der Waals surface area contributed by atoms with Crippen molar-refractivity contribution in [3.05, 3.63) is 11.2 Å². The summed E-state index contributed by atoms with van der Waals surface area (Å²) in [7, 11) is -4.06.